The molecule has 0 radical (unpaired) electrons. The summed E-state index contributed by atoms with van der Waals surface area (Å²) >= 11 is 0. The van der Waals surface area contributed by atoms with E-state index < -0.39 is 0 Å². The van der Waals surface area contributed by atoms with Gasteiger partial charge in [0.2, 0.25) is 0 Å². The summed E-state index contributed by atoms with van der Waals surface area (Å²) in [5.74, 6) is -0.174. The number of anilines is 2. The predicted octanol–water partition coefficient (Wildman–Crippen LogP) is 4.78. The zero-order valence-electron chi connectivity index (χ0n) is 16.2. The van der Waals surface area contributed by atoms with Crippen LogP contribution >= 0.6 is 0 Å². The van der Waals surface area contributed by atoms with E-state index in [0.29, 0.717) is 17.1 Å². The molecule has 0 spiro atoms. The van der Waals surface area contributed by atoms with Crippen LogP contribution in [0.1, 0.15) is 42.4 Å². The van der Waals surface area contributed by atoms with Crippen LogP contribution in [0, 0.1) is 5.82 Å². The van der Waals surface area contributed by atoms with Gasteiger partial charge >= 0.3 is 0 Å². The molecular formula is C22H23FN4O. The second-order valence-electron chi connectivity index (χ2n) is 7.51. The van der Waals surface area contributed by atoms with Crippen molar-refractivity contribution in [3.8, 4) is 0 Å². The number of halogens is 1. The summed E-state index contributed by atoms with van der Waals surface area (Å²) in [7, 11) is 0. The molecule has 3 aromatic rings. The lowest BCUT2D eigenvalue weighted by atomic mass is 9.87. The third kappa shape index (κ3) is 4.91. The molecule has 2 aromatic carbocycles. The number of hydrogen-bond donors (Lipinski definition) is 2. The van der Waals surface area contributed by atoms with Gasteiger partial charge in [-0.3, -0.25) is 4.79 Å². The molecule has 3 rings (SSSR count). The molecule has 2 N–H and O–H groups in total. The maximum absolute atomic E-state index is 13.7. The van der Waals surface area contributed by atoms with Gasteiger partial charge in [0.25, 0.3) is 5.91 Å². The monoisotopic (exact) mass is 378 g/mol. The van der Waals surface area contributed by atoms with E-state index in [1.54, 1.807) is 24.3 Å². The van der Waals surface area contributed by atoms with Crippen molar-refractivity contribution in [1.29, 1.82) is 0 Å². The smallest absolute Gasteiger partial charge is 0.274 e. The Bertz CT molecular complexity index is 965. The molecule has 1 heterocycles. The Morgan fingerprint density at radius 2 is 1.75 bits per heavy atom. The van der Waals surface area contributed by atoms with Crippen LogP contribution in [0.2, 0.25) is 0 Å². The third-order valence-electron chi connectivity index (χ3n) is 4.33. The maximum atomic E-state index is 13.7. The Morgan fingerprint density at radius 3 is 2.43 bits per heavy atom. The number of carbonyl (C=O) groups excluding carboxylic acids is 1. The zero-order chi connectivity index (χ0) is 20.1. The Balaban J connectivity index is 1.66. The molecule has 0 aliphatic heterocycles. The topological polar surface area (TPSA) is 66.9 Å². The van der Waals surface area contributed by atoms with Gasteiger partial charge in [-0.1, -0.05) is 51.1 Å². The van der Waals surface area contributed by atoms with Crippen LogP contribution in [-0.4, -0.2) is 15.9 Å². The van der Waals surface area contributed by atoms with Gasteiger partial charge in [-0.15, -0.1) is 0 Å². The molecule has 0 aliphatic rings. The van der Waals surface area contributed by atoms with Crippen molar-refractivity contribution < 1.29 is 9.18 Å². The Labute approximate surface area is 164 Å². The standard InChI is InChI=1S/C22H23FN4O/c1-22(2,3)16-8-10-17(11-9-16)27-21(28)19-12-20(26-14-25-19)24-13-15-6-4-5-7-18(15)23/h4-12,14H,13H2,1-3H3,(H,27,28)(H,24,25,26). The van der Waals surface area contributed by atoms with E-state index in [-0.39, 0.29) is 29.4 Å². The van der Waals surface area contributed by atoms with E-state index in [2.05, 4.69) is 41.4 Å². The number of nitrogens with zero attached hydrogens (tertiary/aromatic N) is 2. The van der Waals surface area contributed by atoms with E-state index in [1.165, 1.54) is 18.0 Å². The summed E-state index contributed by atoms with van der Waals surface area (Å²) in [4.78, 5) is 20.6. The van der Waals surface area contributed by atoms with Crippen LogP contribution in [0.15, 0.2) is 60.9 Å². The largest absolute Gasteiger partial charge is 0.366 e. The molecule has 5 nitrogen and oxygen atoms in total. The quantitative estimate of drug-likeness (QED) is 0.671. The summed E-state index contributed by atoms with van der Waals surface area (Å²) in [5.41, 5.74) is 2.68. The summed E-state index contributed by atoms with van der Waals surface area (Å²) in [5, 5.41) is 5.84. The Hall–Kier alpha value is -3.28. The van der Waals surface area contributed by atoms with Crippen LogP contribution < -0.4 is 10.6 Å². The average Bonchev–Trinajstić information content (AvgIpc) is 2.67. The lowest BCUT2D eigenvalue weighted by molar-refractivity contribution is 0.102. The minimum absolute atomic E-state index is 0.0496. The summed E-state index contributed by atoms with van der Waals surface area (Å²) in [6.45, 7) is 6.67. The molecule has 0 unspecified atom stereocenters. The summed E-state index contributed by atoms with van der Waals surface area (Å²) in [6.07, 6.45) is 1.31. The number of rotatable bonds is 5. The van der Waals surface area contributed by atoms with Crippen molar-refractivity contribution in [3.63, 3.8) is 0 Å². The first-order valence-corrected chi connectivity index (χ1v) is 9.04. The van der Waals surface area contributed by atoms with E-state index >= 15 is 0 Å². The molecule has 0 bridgehead atoms. The second kappa shape index (κ2) is 8.17. The molecule has 28 heavy (non-hydrogen) atoms. The van der Waals surface area contributed by atoms with Crippen LogP contribution in [0.4, 0.5) is 15.9 Å². The van der Waals surface area contributed by atoms with Gasteiger partial charge in [-0.25, -0.2) is 14.4 Å². The fraction of sp³-hybridized carbons (Fsp3) is 0.227. The normalized spacial score (nSPS) is 11.1. The number of benzene rings is 2. The van der Waals surface area contributed by atoms with Crippen molar-refractivity contribution in [2.24, 2.45) is 0 Å². The van der Waals surface area contributed by atoms with E-state index in [1.807, 2.05) is 24.3 Å². The highest BCUT2D eigenvalue weighted by Crippen LogP contribution is 2.23. The lowest BCUT2D eigenvalue weighted by Gasteiger charge is -2.19. The van der Waals surface area contributed by atoms with Gasteiger partial charge in [-0.2, -0.15) is 0 Å². The lowest BCUT2D eigenvalue weighted by Crippen LogP contribution is -2.15. The molecule has 1 aromatic heterocycles. The van der Waals surface area contributed by atoms with Gasteiger partial charge in [-0.05, 0) is 29.2 Å². The highest BCUT2D eigenvalue weighted by Gasteiger charge is 2.14. The van der Waals surface area contributed by atoms with E-state index in [9.17, 15) is 9.18 Å². The van der Waals surface area contributed by atoms with E-state index in [4.69, 9.17) is 0 Å². The minimum atomic E-state index is -0.333. The summed E-state index contributed by atoms with van der Waals surface area (Å²) < 4.78 is 13.7. The van der Waals surface area contributed by atoms with Crippen LogP contribution in [-0.2, 0) is 12.0 Å². The average molecular weight is 378 g/mol. The highest BCUT2D eigenvalue weighted by atomic mass is 19.1. The molecule has 0 atom stereocenters. The van der Waals surface area contributed by atoms with E-state index in [0.717, 1.165) is 0 Å². The van der Waals surface area contributed by atoms with Crippen molar-refractivity contribution >= 4 is 17.4 Å². The van der Waals surface area contributed by atoms with Crippen LogP contribution in [0.5, 0.6) is 0 Å². The predicted molar refractivity (Wildman–Crippen MR) is 109 cm³/mol. The highest BCUT2D eigenvalue weighted by molar-refractivity contribution is 6.03. The third-order valence-corrected chi connectivity index (χ3v) is 4.33. The van der Waals surface area contributed by atoms with Gasteiger partial charge < -0.3 is 10.6 Å². The molecule has 0 fully saturated rings. The number of hydrogen-bond acceptors (Lipinski definition) is 4. The summed E-state index contributed by atoms with van der Waals surface area (Å²) in [6, 6.07) is 15.8. The van der Waals surface area contributed by atoms with Gasteiger partial charge in [0.1, 0.15) is 23.7 Å². The van der Waals surface area contributed by atoms with Gasteiger partial charge in [0.15, 0.2) is 0 Å². The molecule has 0 saturated carbocycles. The van der Waals surface area contributed by atoms with Crippen molar-refractivity contribution in [2.45, 2.75) is 32.7 Å². The number of amides is 1. The fourth-order valence-corrected chi connectivity index (χ4v) is 2.65. The molecule has 0 aliphatic carbocycles. The van der Waals surface area contributed by atoms with Crippen LogP contribution in [0.25, 0.3) is 0 Å². The Kier molecular flexibility index (Phi) is 5.68. The van der Waals surface area contributed by atoms with Gasteiger partial charge in [0.05, 0.1) is 0 Å². The zero-order valence-corrected chi connectivity index (χ0v) is 16.2. The molecule has 144 valence electrons. The number of carbonyl (C=O) groups is 1. The first-order chi connectivity index (χ1) is 13.3. The molecule has 6 heteroatoms. The second-order valence-corrected chi connectivity index (χ2v) is 7.51. The Morgan fingerprint density at radius 1 is 1.04 bits per heavy atom. The molecule has 0 saturated heterocycles. The number of nitrogens with one attached hydrogen (secondary N) is 2. The molecular weight excluding hydrogens is 355 g/mol. The van der Waals surface area contributed by atoms with Crippen molar-refractivity contribution in [1.82, 2.24) is 9.97 Å². The van der Waals surface area contributed by atoms with Gasteiger partial charge in [0, 0.05) is 23.9 Å². The SMILES string of the molecule is CC(C)(C)c1ccc(NC(=O)c2cc(NCc3ccccc3F)ncn2)cc1. The first kappa shape index (κ1) is 19.5. The number of aromatic nitrogens is 2. The van der Waals surface area contributed by atoms with Crippen LogP contribution in [0.3, 0.4) is 0 Å². The van der Waals surface area contributed by atoms with Crippen molar-refractivity contribution in [3.05, 3.63) is 83.6 Å². The maximum Gasteiger partial charge on any atom is 0.274 e. The minimum Gasteiger partial charge on any atom is -0.366 e. The molecule has 1 amide bonds. The fourth-order valence-electron chi connectivity index (χ4n) is 2.65. The first-order valence-electron chi connectivity index (χ1n) is 9.04. The van der Waals surface area contributed by atoms with Crippen molar-refractivity contribution in [2.75, 3.05) is 10.6 Å².